The summed E-state index contributed by atoms with van der Waals surface area (Å²) in [4.78, 5) is 11.1. The van der Waals surface area contributed by atoms with Crippen LogP contribution in [0.25, 0.3) is 0 Å². The van der Waals surface area contributed by atoms with Crippen LogP contribution in [0.5, 0.6) is 5.88 Å². The number of hydrogen-bond acceptors (Lipinski definition) is 4. The van der Waals surface area contributed by atoms with Crippen molar-refractivity contribution in [1.82, 2.24) is 20.1 Å². The van der Waals surface area contributed by atoms with Gasteiger partial charge in [-0.05, 0) is 18.6 Å². The van der Waals surface area contributed by atoms with Gasteiger partial charge in [-0.25, -0.2) is 4.98 Å². The zero-order chi connectivity index (χ0) is 21.7. The molecule has 1 aromatic heterocycles. The number of aliphatic imine (C=N–C) groups is 1. The van der Waals surface area contributed by atoms with Crippen molar-refractivity contribution in [1.29, 1.82) is 0 Å². The summed E-state index contributed by atoms with van der Waals surface area (Å²) in [6, 6.07) is 1.49. The summed E-state index contributed by atoms with van der Waals surface area (Å²) in [5, 5.41) is 3.06. The number of pyridine rings is 1. The van der Waals surface area contributed by atoms with Crippen molar-refractivity contribution in [3.05, 3.63) is 23.9 Å². The van der Waals surface area contributed by atoms with E-state index in [2.05, 4.69) is 20.0 Å². The molecule has 0 aliphatic carbocycles. The first-order valence-electron chi connectivity index (χ1n) is 8.90. The molecule has 1 aromatic rings. The number of hydrogen-bond donors (Lipinski definition) is 1. The van der Waals surface area contributed by atoms with Crippen molar-refractivity contribution in [3.8, 4) is 5.88 Å². The number of ether oxygens (including phenoxy) is 1. The van der Waals surface area contributed by atoms with Gasteiger partial charge in [0.1, 0.15) is 6.04 Å². The zero-order valence-corrected chi connectivity index (χ0v) is 16.0. The molecule has 6 nitrogen and oxygen atoms in total. The first-order chi connectivity index (χ1) is 13.5. The average molecular weight is 427 g/mol. The van der Waals surface area contributed by atoms with Gasteiger partial charge in [0.15, 0.2) is 12.6 Å². The van der Waals surface area contributed by atoms with Crippen LogP contribution in [0, 0.1) is 0 Å². The number of piperazine rings is 1. The van der Waals surface area contributed by atoms with Gasteiger partial charge in [-0.3, -0.25) is 9.89 Å². The van der Waals surface area contributed by atoms with E-state index in [0.717, 1.165) is 6.92 Å². The summed E-state index contributed by atoms with van der Waals surface area (Å²) in [6.45, 7) is 1.19. The molecule has 1 aliphatic heterocycles. The van der Waals surface area contributed by atoms with Crippen LogP contribution in [-0.2, 0) is 6.54 Å². The van der Waals surface area contributed by atoms with E-state index >= 15 is 0 Å². The molecule has 0 radical (unpaired) electrons. The van der Waals surface area contributed by atoms with E-state index in [1.54, 1.807) is 13.1 Å². The van der Waals surface area contributed by atoms with Crippen molar-refractivity contribution in [2.75, 3.05) is 39.8 Å². The Labute approximate surface area is 164 Å². The molecule has 1 saturated heterocycles. The van der Waals surface area contributed by atoms with Gasteiger partial charge in [0.05, 0.1) is 0 Å². The summed E-state index contributed by atoms with van der Waals surface area (Å²) in [7, 11) is 1.55. The molecule has 0 aromatic carbocycles. The van der Waals surface area contributed by atoms with Crippen LogP contribution in [0.2, 0.25) is 0 Å². The maximum Gasteiger partial charge on any atom is 0.422 e. The fourth-order valence-electron chi connectivity index (χ4n) is 2.84. The summed E-state index contributed by atoms with van der Waals surface area (Å²) < 4.78 is 79.9. The SMILES string of the molecule is CN=C(NCc1ccnc(OCC(F)(F)F)c1)N1CCN(C(C)C(F)(F)F)CC1. The summed E-state index contributed by atoms with van der Waals surface area (Å²) in [6.07, 6.45) is -7.39. The van der Waals surface area contributed by atoms with Gasteiger partial charge in [0.2, 0.25) is 5.88 Å². The number of nitrogens with zero attached hydrogens (tertiary/aromatic N) is 4. The van der Waals surface area contributed by atoms with E-state index in [0.29, 0.717) is 24.6 Å². The molecule has 0 amide bonds. The Bertz CT molecular complexity index is 686. The van der Waals surface area contributed by atoms with E-state index in [1.807, 2.05) is 4.90 Å². The second-order valence-electron chi connectivity index (χ2n) is 6.55. The Kier molecular flexibility index (Phi) is 7.55. The minimum absolute atomic E-state index is 0.147. The summed E-state index contributed by atoms with van der Waals surface area (Å²) in [5.74, 6) is 0.352. The molecule has 1 fully saturated rings. The fourth-order valence-corrected chi connectivity index (χ4v) is 2.84. The minimum Gasteiger partial charge on any atom is -0.468 e. The Morgan fingerprint density at radius 2 is 1.86 bits per heavy atom. The Morgan fingerprint density at radius 1 is 1.21 bits per heavy atom. The molecule has 2 rings (SSSR count). The summed E-state index contributed by atoms with van der Waals surface area (Å²) in [5.41, 5.74) is 0.627. The quantitative estimate of drug-likeness (QED) is 0.445. The van der Waals surface area contributed by atoms with Gasteiger partial charge in [-0.15, -0.1) is 0 Å². The second-order valence-corrected chi connectivity index (χ2v) is 6.55. The lowest BCUT2D eigenvalue weighted by Crippen LogP contribution is -2.56. The lowest BCUT2D eigenvalue weighted by molar-refractivity contribution is -0.181. The van der Waals surface area contributed by atoms with Crippen LogP contribution in [0.15, 0.2) is 23.3 Å². The third-order valence-electron chi connectivity index (χ3n) is 4.48. The number of rotatable bonds is 5. The van der Waals surface area contributed by atoms with Crippen molar-refractivity contribution in [2.45, 2.75) is 31.9 Å². The smallest absolute Gasteiger partial charge is 0.422 e. The van der Waals surface area contributed by atoms with Gasteiger partial charge in [-0.2, -0.15) is 26.3 Å². The monoisotopic (exact) mass is 427 g/mol. The van der Waals surface area contributed by atoms with E-state index in [9.17, 15) is 26.3 Å². The molecule has 0 spiro atoms. The van der Waals surface area contributed by atoms with Gasteiger partial charge >= 0.3 is 12.4 Å². The van der Waals surface area contributed by atoms with E-state index < -0.39 is 25.0 Å². The maximum absolute atomic E-state index is 12.8. The highest BCUT2D eigenvalue weighted by molar-refractivity contribution is 5.80. The zero-order valence-electron chi connectivity index (χ0n) is 16.0. The molecular formula is C17H23F6N5O. The third-order valence-corrected chi connectivity index (χ3v) is 4.48. The molecule has 1 N–H and O–H groups in total. The maximum atomic E-state index is 12.8. The van der Waals surface area contributed by atoms with Crippen LogP contribution in [0.3, 0.4) is 0 Å². The van der Waals surface area contributed by atoms with Crippen molar-refractivity contribution < 1.29 is 31.1 Å². The van der Waals surface area contributed by atoms with Crippen LogP contribution in [0.4, 0.5) is 26.3 Å². The number of halogens is 6. The largest absolute Gasteiger partial charge is 0.468 e. The number of alkyl halides is 6. The lowest BCUT2D eigenvalue weighted by atomic mass is 10.2. The third kappa shape index (κ3) is 7.26. The highest BCUT2D eigenvalue weighted by Gasteiger charge is 2.41. The normalized spacial score (nSPS) is 17.9. The highest BCUT2D eigenvalue weighted by atomic mass is 19.4. The predicted octanol–water partition coefficient (Wildman–Crippen LogP) is 2.67. The molecule has 29 heavy (non-hydrogen) atoms. The molecule has 1 atom stereocenters. The lowest BCUT2D eigenvalue weighted by Gasteiger charge is -2.39. The van der Waals surface area contributed by atoms with Gasteiger partial charge < -0.3 is 15.0 Å². The first kappa shape index (κ1) is 23.0. The molecule has 164 valence electrons. The fraction of sp³-hybridized carbons (Fsp3) is 0.647. The topological polar surface area (TPSA) is 53.0 Å². The Morgan fingerprint density at radius 3 is 2.41 bits per heavy atom. The molecular weight excluding hydrogens is 404 g/mol. The molecule has 1 unspecified atom stereocenters. The van der Waals surface area contributed by atoms with E-state index in [4.69, 9.17) is 0 Å². The van der Waals surface area contributed by atoms with Crippen molar-refractivity contribution in [3.63, 3.8) is 0 Å². The summed E-state index contributed by atoms with van der Waals surface area (Å²) >= 11 is 0. The predicted molar refractivity (Wildman–Crippen MR) is 94.6 cm³/mol. The first-order valence-corrected chi connectivity index (χ1v) is 8.90. The minimum atomic E-state index is -4.45. The van der Waals surface area contributed by atoms with Crippen LogP contribution >= 0.6 is 0 Å². The molecule has 0 saturated carbocycles. The number of aromatic nitrogens is 1. The van der Waals surface area contributed by atoms with Gasteiger partial charge in [0, 0.05) is 52.0 Å². The van der Waals surface area contributed by atoms with Crippen LogP contribution < -0.4 is 10.1 Å². The standard InChI is InChI=1S/C17H23F6N5O/c1-12(17(21,22)23)27-5-7-28(8-6-27)15(24-2)26-10-13-3-4-25-14(9-13)29-11-16(18,19)20/h3-4,9,12H,5-8,10-11H2,1-2H3,(H,24,26). The van der Waals surface area contributed by atoms with E-state index in [-0.39, 0.29) is 25.5 Å². The van der Waals surface area contributed by atoms with E-state index in [1.165, 1.54) is 17.2 Å². The Hall–Kier alpha value is -2.24. The number of guanidine groups is 1. The highest BCUT2D eigenvalue weighted by Crippen LogP contribution is 2.25. The van der Waals surface area contributed by atoms with Crippen LogP contribution in [-0.4, -0.2) is 79.0 Å². The average Bonchev–Trinajstić information content (AvgIpc) is 2.66. The molecule has 2 heterocycles. The van der Waals surface area contributed by atoms with Crippen LogP contribution in [0.1, 0.15) is 12.5 Å². The van der Waals surface area contributed by atoms with Crippen molar-refractivity contribution in [2.24, 2.45) is 4.99 Å². The Balaban J connectivity index is 1.87. The molecule has 12 heteroatoms. The van der Waals surface area contributed by atoms with Crippen molar-refractivity contribution >= 4 is 5.96 Å². The van der Waals surface area contributed by atoms with Gasteiger partial charge in [-0.1, -0.05) is 0 Å². The van der Waals surface area contributed by atoms with Gasteiger partial charge in [0.25, 0.3) is 0 Å². The number of nitrogens with one attached hydrogen (secondary N) is 1. The second kappa shape index (κ2) is 9.51. The molecule has 1 aliphatic rings. The molecule has 0 bridgehead atoms.